The minimum absolute atomic E-state index is 0.395. The summed E-state index contributed by atoms with van der Waals surface area (Å²) >= 11 is 0. The first-order valence-corrected chi connectivity index (χ1v) is 12.1. The minimum Gasteiger partial charge on any atom is -0.494 e. The Hall–Kier alpha value is -3.39. The highest BCUT2D eigenvalue weighted by Crippen LogP contribution is 2.24. The average Bonchev–Trinajstić information content (AvgIpc) is 2.76. The predicted octanol–water partition coefficient (Wildman–Crippen LogP) is 3.86. The largest absolute Gasteiger partial charge is 0.494 e. The van der Waals surface area contributed by atoms with Gasteiger partial charge in [0.15, 0.2) is 0 Å². The van der Waals surface area contributed by atoms with Gasteiger partial charge >= 0.3 is 0 Å². The van der Waals surface area contributed by atoms with Crippen molar-refractivity contribution in [1.82, 2.24) is 4.98 Å². The van der Waals surface area contributed by atoms with E-state index in [0.717, 1.165) is 28.1 Å². The molecule has 2 aromatic carbocycles. The molecule has 32 heavy (non-hydrogen) atoms. The molecule has 0 aliphatic carbocycles. The molecule has 1 N–H and O–H groups in total. The Morgan fingerprint density at radius 2 is 1.59 bits per heavy atom. The average molecular weight is 454 g/mol. The molecule has 0 aliphatic rings. The van der Waals surface area contributed by atoms with Crippen LogP contribution in [0.2, 0.25) is 0 Å². The number of hydrogen-bond acceptors (Lipinski definition) is 5. The van der Waals surface area contributed by atoms with E-state index in [1.54, 1.807) is 43.6 Å². The zero-order valence-corrected chi connectivity index (χ0v) is 19.2. The van der Waals surface area contributed by atoms with Crippen LogP contribution in [0, 0.1) is 0 Å². The van der Waals surface area contributed by atoms with Crippen molar-refractivity contribution in [3.63, 3.8) is 0 Å². The van der Waals surface area contributed by atoms with E-state index in [9.17, 15) is 13.2 Å². The van der Waals surface area contributed by atoms with Gasteiger partial charge in [-0.05, 0) is 79.9 Å². The fourth-order valence-corrected chi connectivity index (χ4v) is 4.53. The number of pyridine rings is 1. The number of anilines is 2. The molecule has 1 heterocycles. The fourth-order valence-electron chi connectivity index (χ4n) is 3.35. The maximum Gasteiger partial charge on any atom is 0.247 e. The SMILES string of the molecule is CCOc1ccc(N(C(C)C(=O)Nc2ccc(Cc3ccncc3)cc2)S(C)(=O)=O)cc1. The van der Waals surface area contributed by atoms with Crippen LogP contribution in [0.25, 0.3) is 0 Å². The van der Waals surface area contributed by atoms with Gasteiger partial charge in [0, 0.05) is 18.1 Å². The molecule has 1 unspecified atom stereocenters. The molecule has 0 fully saturated rings. The van der Waals surface area contributed by atoms with Gasteiger partial charge in [0.25, 0.3) is 0 Å². The number of ether oxygens (including phenoxy) is 1. The lowest BCUT2D eigenvalue weighted by Crippen LogP contribution is -2.45. The fraction of sp³-hybridized carbons (Fsp3) is 0.250. The number of carbonyl (C=O) groups excluding carboxylic acids is 1. The predicted molar refractivity (Wildman–Crippen MR) is 127 cm³/mol. The van der Waals surface area contributed by atoms with Crippen LogP contribution < -0.4 is 14.4 Å². The zero-order chi connectivity index (χ0) is 23.1. The second kappa shape index (κ2) is 10.3. The molecule has 7 nitrogen and oxygen atoms in total. The van der Waals surface area contributed by atoms with E-state index in [-0.39, 0.29) is 0 Å². The first kappa shape index (κ1) is 23.3. The Morgan fingerprint density at radius 3 is 2.16 bits per heavy atom. The Labute approximate surface area is 189 Å². The molecule has 1 aromatic heterocycles. The minimum atomic E-state index is -3.69. The Bertz CT molecular complexity index is 1130. The second-order valence-electron chi connectivity index (χ2n) is 7.38. The van der Waals surface area contributed by atoms with Crippen LogP contribution in [0.1, 0.15) is 25.0 Å². The van der Waals surface area contributed by atoms with E-state index < -0.39 is 22.0 Å². The van der Waals surface area contributed by atoms with Crippen LogP contribution in [-0.4, -0.2) is 38.2 Å². The summed E-state index contributed by atoms with van der Waals surface area (Å²) in [5.41, 5.74) is 3.23. The van der Waals surface area contributed by atoms with Crippen molar-refractivity contribution >= 4 is 27.3 Å². The number of carbonyl (C=O) groups is 1. The number of rotatable bonds is 9. The van der Waals surface area contributed by atoms with E-state index in [2.05, 4.69) is 10.3 Å². The normalized spacial score (nSPS) is 12.1. The van der Waals surface area contributed by atoms with E-state index in [4.69, 9.17) is 4.74 Å². The molecule has 0 aliphatic heterocycles. The van der Waals surface area contributed by atoms with Gasteiger partial charge in [-0.3, -0.25) is 14.1 Å². The molecule has 1 atom stereocenters. The molecular formula is C24H27N3O4S. The number of aromatic nitrogens is 1. The summed E-state index contributed by atoms with van der Waals surface area (Å²) in [7, 11) is -3.69. The summed E-state index contributed by atoms with van der Waals surface area (Å²) in [6.07, 6.45) is 5.35. The monoisotopic (exact) mass is 453 g/mol. The third kappa shape index (κ3) is 6.07. The van der Waals surface area contributed by atoms with E-state index in [1.807, 2.05) is 43.3 Å². The number of nitrogens with one attached hydrogen (secondary N) is 1. The third-order valence-corrected chi connectivity index (χ3v) is 6.11. The molecule has 8 heteroatoms. The quantitative estimate of drug-likeness (QED) is 0.531. The number of amides is 1. The lowest BCUT2D eigenvalue weighted by Gasteiger charge is -2.28. The molecule has 0 saturated heterocycles. The van der Waals surface area contributed by atoms with Gasteiger partial charge in [-0.1, -0.05) is 12.1 Å². The molecular weight excluding hydrogens is 426 g/mol. The highest BCUT2D eigenvalue weighted by Gasteiger charge is 2.29. The van der Waals surface area contributed by atoms with Crippen molar-refractivity contribution in [2.45, 2.75) is 26.3 Å². The molecule has 168 valence electrons. The number of nitrogens with zero attached hydrogens (tertiary/aromatic N) is 2. The molecule has 0 bridgehead atoms. The van der Waals surface area contributed by atoms with Crippen LogP contribution in [0.4, 0.5) is 11.4 Å². The van der Waals surface area contributed by atoms with Crippen LogP contribution in [0.5, 0.6) is 5.75 Å². The highest BCUT2D eigenvalue weighted by molar-refractivity contribution is 7.92. The summed E-state index contributed by atoms with van der Waals surface area (Å²) in [5, 5.41) is 2.81. The summed E-state index contributed by atoms with van der Waals surface area (Å²) in [4.78, 5) is 16.9. The molecule has 3 rings (SSSR count). The Balaban J connectivity index is 1.72. The summed E-state index contributed by atoms with van der Waals surface area (Å²) in [5.74, 6) is 0.208. The summed E-state index contributed by atoms with van der Waals surface area (Å²) < 4.78 is 31.5. The van der Waals surface area contributed by atoms with Crippen LogP contribution in [-0.2, 0) is 21.2 Å². The molecule has 3 aromatic rings. The van der Waals surface area contributed by atoms with E-state index in [1.165, 1.54) is 0 Å². The number of sulfonamides is 1. The standard InChI is InChI=1S/C24H27N3O4S/c1-4-31-23-11-9-22(10-12-23)27(32(3,29)30)18(2)24(28)26-21-7-5-19(6-8-21)17-20-13-15-25-16-14-20/h5-16,18H,4,17H2,1-3H3,(H,26,28). The molecule has 1 amide bonds. The lowest BCUT2D eigenvalue weighted by atomic mass is 10.1. The number of hydrogen-bond donors (Lipinski definition) is 1. The van der Waals surface area contributed by atoms with Crippen molar-refractivity contribution in [3.8, 4) is 5.75 Å². The first-order valence-electron chi connectivity index (χ1n) is 10.3. The molecule has 0 radical (unpaired) electrons. The van der Waals surface area contributed by atoms with Crippen molar-refractivity contribution in [2.24, 2.45) is 0 Å². The highest BCUT2D eigenvalue weighted by atomic mass is 32.2. The van der Waals surface area contributed by atoms with E-state index >= 15 is 0 Å². The van der Waals surface area contributed by atoms with Crippen molar-refractivity contribution in [1.29, 1.82) is 0 Å². The van der Waals surface area contributed by atoms with E-state index in [0.29, 0.717) is 23.7 Å². The lowest BCUT2D eigenvalue weighted by molar-refractivity contribution is -0.116. The van der Waals surface area contributed by atoms with Gasteiger partial charge in [-0.25, -0.2) is 8.42 Å². The van der Waals surface area contributed by atoms with Gasteiger partial charge in [0.2, 0.25) is 15.9 Å². The summed E-state index contributed by atoms with van der Waals surface area (Å²) in [6, 6.07) is 17.1. The second-order valence-corrected chi connectivity index (χ2v) is 9.24. The maximum absolute atomic E-state index is 12.9. The maximum atomic E-state index is 12.9. The topological polar surface area (TPSA) is 88.6 Å². The van der Waals surface area contributed by atoms with Gasteiger partial charge in [-0.15, -0.1) is 0 Å². The van der Waals surface area contributed by atoms with Gasteiger partial charge in [0.1, 0.15) is 11.8 Å². The van der Waals surface area contributed by atoms with Crippen molar-refractivity contribution < 1.29 is 17.9 Å². The smallest absolute Gasteiger partial charge is 0.247 e. The van der Waals surface area contributed by atoms with Crippen molar-refractivity contribution in [3.05, 3.63) is 84.2 Å². The Morgan fingerprint density at radius 1 is 1.00 bits per heavy atom. The van der Waals surface area contributed by atoms with Crippen molar-refractivity contribution in [2.75, 3.05) is 22.5 Å². The van der Waals surface area contributed by atoms with Gasteiger partial charge in [-0.2, -0.15) is 0 Å². The van der Waals surface area contributed by atoms with Crippen LogP contribution in [0.15, 0.2) is 73.1 Å². The van der Waals surface area contributed by atoms with Crippen LogP contribution >= 0.6 is 0 Å². The first-order chi connectivity index (χ1) is 15.3. The zero-order valence-electron chi connectivity index (χ0n) is 18.4. The van der Waals surface area contributed by atoms with Gasteiger partial charge in [0.05, 0.1) is 18.6 Å². The van der Waals surface area contributed by atoms with Gasteiger partial charge < -0.3 is 10.1 Å². The summed E-state index contributed by atoms with van der Waals surface area (Å²) in [6.45, 7) is 3.94. The third-order valence-electron chi connectivity index (χ3n) is 4.87. The number of benzene rings is 2. The molecule has 0 spiro atoms. The molecule has 0 saturated carbocycles. The Kier molecular flexibility index (Phi) is 7.48. The van der Waals surface area contributed by atoms with Crippen LogP contribution in [0.3, 0.4) is 0 Å².